The van der Waals surface area contributed by atoms with Gasteiger partial charge in [-0.05, 0) is 56.8 Å². The van der Waals surface area contributed by atoms with E-state index in [0.717, 1.165) is 56.8 Å². The number of likely N-dealkylation sites (N-methyl/N-ethyl adjacent to an activating group) is 1. The van der Waals surface area contributed by atoms with E-state index in [9.17, 15) is 9.59 Å². The largest absolute Gasteiger partial charge is 0.497 e. The maximum absolute atomic E-state index is 12.4. The molecule has 1 aromatic rings. The van der Waals surface area contributed by atoms with Crippen molar-refractivity contribution in [3.63, 3.8) is 0 Å². The predicted molar refractivity (Wildman–Crippen MR) is 122 cm³/mol. The number of carbonyl (C=O) groups excluding carboxylic acids is 2. The van der Waals surface area contributed by atoms with Gasteiger partial charge in [-0.25, -0.2) is 0 Å². The summed E-state index contributed by atoms with van der Waals surface area (Å²) in [5.41, 5.74) is 2.50. The van der Waals surface area contributed by atoms with E-state index < -0.39 is 11.8 Å². The fourth-order valence-corrected chi connectivity index (χ4v) is 4.24. The molecule has 0 spiro atoms. The molecule has 2 N–H and O–H groups in total. The molecule has 1 fully saturated rings. The van der Waals surface area contributed by atoms with Gasteiger partial charge in [-0.2, -0.15) is 0 Å². The molecule has 0 bridgehead atoms. The van der Waals surface area contributed by atoms with E-state index in [-0.39, 0.29) is 6.04 Å². The zero-order chi connectivity index (χ0) is 22.1. The zero-order valence-electron chi connectivity index (χ0n) is 18.9. The molecule has 7 nitrogen and oxygen atoms in total. The Morgan fingerprint density at radius 1 is 1.03 bits per heavy atom. The molecule has 1 aliphatic carbocycles. The molecule has 2 aliphatic rings. The van der Waals surface area contributed by atoms with Crippen molar-refractivity contribution in [3.8, 4) is 5.75 Å². The lowest BCUT2D eigenvalue weighted by atomic mass is 9.97. The van der Waals surface area contributed by atoms with Gasteiger partial charge in [0.25, 0.3) is 0 Å². The van der Waals surface area contributed by atoms with Crippen LogP contribution in [0.3, 0.4) is 0 Å². The number of rotatable bonds is 8. The van der Waals surface area contributed by atoms with E-state index >= 15 is 0 Å². The fourth-order valence-electron chi connectivity index (χ4n) is 4.24. The third kappa shape index (κ3) is 7.08. The standard InChI is InChI=1S/C24H36N4O3/c1-27-14-16-28(17-15-27)22(20-8-10-21(31-2)11-9-20)18-26-24(30)23(29)25-13-12-19-6-4-3-5-7-19/h6,8-11,22H,3-5,7,12-18H2,1-2H3,(H,25,29)(H,26,30). The molecule has 0 saturated carbocycles. The van der Waals surface area contributed by atoms with Crippen LogP contribution >= 0.6 is 0 Å². The van der Waals surface area contributed by atoms with Crippen molar-refractivity contribution in [2.45, 2.75) is 38.1 Å². The number of carbonyl (C=O) groups is 2. The SMILES string of the molecule is COc1ccc(C(CNC(=O)C(=O)NCCC2=CCCCC2)N2CCN(C)CC2)cc1. The van der Waals surface area contributed by atoms with Crippen LogP contribution in [0.4, 0.5) is 0 Å². The second-order valence-corrected chi connectivity index (χ2v) is 8.45. The lowest BCUT2D eigenvalue weighted by Crippen LogP contribution is -2.49. The number of nitrogens with zero attached hydrogens (tertiary/aromatic N) is 2. The normalized spacial score (nSPS) is 18.7. The summed E-state index contributed by atoms with van der Waals surface area (Å²) < 4.78 is 5.27. The number of hydrogen-bond acceptors (Lipinski definition) is 5. The number of amides is 2. The highest BCUT2D eigenvalue weighted by atomic mass is 16.5. The fraction of sp³-hybridized carbons (Fsp3) is 0.583. The second kappa shape index (κ2) is 11.9. The minimum Gasteiger partial charge on any atom is -0.497 e. The van der Waals surface area contributed by atoms with Gasteiger partial charge in [0.1, 0.15) is 5.75 Å². The molecular formula is C24H36N4O3. The Balaban J connectivity index is 1.53. The predicted octanol–water partition coefficient (Wildman–Crippen LogP) is 2.11. The molecule has 1 unspecified atom stereocenters. The average Bonchev–Trinajstić information content (AvgIpc) is 2.81. The Bertz CT molecular complexity index is 755. The lowest BCUT2D eigenvalue weighted by molar-refractivity contribution is -0.139. The molecule has 170 valence electrons. The van der Waals surface area contributed by atoms with Crippen LogP contribution in [0.25, 0.3) is 0 Å². The molecular weight excluding hydrogens is 392 g/mol. The molecule has 3 rings (SSSR count). The molecule has 0 radical (unpaired) electrons. The lowest BCUT2D eigenvalue weighted by Gasteiger charge is -2.38. The van der Waals surface area contributed by atoms with Gasteiger partial charge < -0.3 is 20.3 Å². The Kier molecular flexibility index (Phi) is 8.91. The number of methoxy groups -OCH3 is 1. The van der Waals surface area contributed by atoms with Gasteiger partial charge >= 0.3 is 11.8 Å². The topological polar surface area (TPSA) is 73.9 Å². The quantitative estimate of drug-likeness (QED) is 0.490. The van der Waals surface area contributed by atoms with Crippen molar-refractivity contribution in [3.05, 3.63) is 41.5 Å². The van der Waals surface area contributed by atoms with Crippen LogP contribution in [-0.4, -0.2) is 75.0 Å². The van der Waals surface area contributed by atoms with E-state index in [1.165, 1.54) is 18.4 Å². The van der Waals surface area contributed by atoms with Crippen molar-refractivity contribution < 1.29 is 14.3 Å². The van der Waals surface area contributed by atoms with E-state index in [2.05, 4.69) is 33.6 Å². The number of piperazine rings is 1. The second-order valence-electron chi connectivity index (χ2n) is 8.45. The minimum atomic E-state index is -0.565. The first kappa shape index (κ1) is 23.3. The minimum absolute atomic E-state index is 0.0174. The van der Waals surface area contributed by atoms with Crippen molar-refractivity contribution >= 4 is 11.8 Å². The van der Waals surface area contributed by atoms with E-state index in [1.807, 2.05) is 24.3 Å². The summed E-state index contributed by atoms with van der Waals surface area (Å²) in [7, 11) is 3.77. The van der Waals surface area contributed by atoms with Gasteiger partial charge in [0.2, 0.25) is 0 Å². The number of allylic oxidation sites excluding steroid dienone is 1. The highest BCUT2D eigenvalue weighted by Gasteiger charge is 2.25. The van der Waals surface area contributed by atoms with Crippen LogP contribution in [0.15, 0.2) is 35.9 Å². The number of benzene rings is 1. The molecule has 1 heterocycles. The zero-order valence-corrected chi connectivity index (χ0v) is 18.9. The van der Waals surface area contributed by atoms with Crippen LogP contribution in [0.1, 0.15) is 43.7 Å². The highest BCUT2D eigenvalue weighted by Crippen LogP contribution is 2.24. The van der Waals surface area contributed by atoms with Crippen LogP contribution in [0, 0.1) is 0 Å². The van der Waals surface area contributed by atoms with E-state index in [4.69, 9.17) is 4.74 Å². The van der Waals surface area contributed by atoms with Gasteiger partial charge in [-0.3, -0.25) is 14.5 Å². The summed E-state index contributed by atoms with van der Waals surface area (Å²) in [6.07, 6.45) is 7.81. The van der Waals surface area contributed by atoms with Crippen molar-refractivity contribution in [2.75, 3.05) is 53.4 Å². The summed E-state index contributed by atoms with van der Waals surface area (Å²) in [5.74, 6) is -0.314. The first-order valence-electron chi connectivity index (χ1n) is 11.4. The summed E-state index contributed by atoms with van der Waals surface area (Å²) in [4.78, 5) is 29.3. The number of hydrogen-bond donors (Lipinski definition) is 2. The monoisotopic (exact) mass is 428 g/mol. The third-order valence-electron chi connectivity index (χ3n) is 6.26. The average molecular weight is 429 g/mol. The summed E-state index contributed by atoms with van der Waals surface area (Å²) in [6.45, 7) is 4.72. The summed E-state index contributed by atoms with van der Waals surface area (Å²) >= 11 is 0. The smallest absolute Gasteiger partial charge is 0.309 e. The van der Waals surface area contributed by atoms with Crippen LogP contribution in [0.5, 0.6) is 5.75 Å². The van der Waals surface area contributed by atoms with Gasteiger partial charge in [-0.15, -0.1) is 0 Å². The van der Waals surface area contributed by atoms with Gasteiger partial charge in [0, 0.05) is 39.3 Å². The van der Waals surface area contributed by atoms with Crippen LogP contribution in [-0.2, 0) is 9.59 Å². The molecule has 7 heteroatoms. The number of nitrogens with one attached hydrogen (secondary N) is 2. The summed E-state index contributed by atoms with van der Waals surface area (Å²) in [5, 5.41) is 5.62. The van der Waals surface area contributed by atoms with Crippen molar-refractivity contribution in [1.82, 2.24) is 20.4 Å². The van der Waals surface area contributed by atoms with E-state index in [1.54, 1.807) is 7.11 Å². The maximum Gasteiger partial charge on any atom is 0.309 e. The Labute approximate surface area is 185 Å². The van der Waals surface area contributed by atoms with Crippen molar-refractivity contribution in [1.29, 1.82) is 0 Å². The van der Waals surface area contributed by atoms with Crippen LogP contribution in [0.2, 0.25) is 0 Å². The Hall–Kier alpha value is -2.38. The maximum atomic E-state index is 12.4. The van der Waals surface area contributed by atoms with Crippen molar-refractivity contribution in [2.24, 2.45) is 0 Å². The molecule has 1 aromatic carbocycles. The van der Waals surface area contributed by atoms with Crippen LogP contribution < -0.4 is 15.4 Å². The van der Waals surface area contributed by atoms with Gasteiger partial charge in [-0.1, -0.05) is 23.8 Å². The number of ether oxygens (including phenoxy) is 1. The molecule has 2 amide bonds. The molecule has 31 heavy (non-hydrogen) atoms. The highest BCUT2D eigenvalue weighted by molar-refractivity contribution is 6.35. The molecule has 1 atom stereocenters. The first-order valence-corrected chi connectivity index (χ1v) is 11.4. The van der Waals surface area contributed by atoms with Gasteiger partial charge in [0.15, 0.2) is 0 Å². The molecule has 0 aromatic heterocycles. The summed E-state index contributed by atoms with van der Waals surface area (Å²) in [6, 6.07) is 7.96. The van der Waals surface area contributed by atoms with E-state index in [0.29, 0.717) is 13.1 Å². The molecule has 1 saturated heterocycles. The van der Waals surface area contributed by atoms with Gasteiger partial charge in [0.05, 0.1) is 13.2 Å². The third-order valence-corrected chi connectivity index (χ3v) is 6.26. The Morgan fingerprint density at radius 2 is 1.74 bits per heavy atom. The molecule has 1 aliphatic heterocycles. The Morgan fingerprint density at radius 3 is 2.39 bits per heavy atom. The first-order chi connectivity index (χ1) is 15.1.